The minimum Gasteiger partial charge on any atom is -0.376 e. The minimum absolute atomic E-state index is 0.0445. The smallest absolute Gasteiger partial charge is 0.265 e. The molecule has 0 amide bonds. The van der Waals surface area contributed by atoms with Crippen molar-refractivity contribution in [3.8, 4) is 5.69 Å². The number of aromatic nitrogens is 5. The topological polar surface area (TPSA) is 74.8 Å². The third kappa shape index (κ3) is 2.92. The fourth-order valence-electron chi connectivity index (χ4n) is 4.58. The molecule has 1 aliphatic rings. The zero-order valence-electron chi connectivity index (χ0n) is 18.1. The molecule has 0 radical (unpaired) electrons. The Bertz CT molecular complexity index is 1540. The maximum absolute atomic E-state index is 13.8. The van der Waals surface area contributed by atoms with E-state index in [9.17, 15) is 4.79 Å². The van der Waals surface area contributed by atoms with Crippen LogP contribution in [-0.2, 0) is 11.3 Å². The van der Waals surface area contributed by atoms with E-state index in [0.717, 1.165) is 41.7 Å². The number of para-hydroxylation sites is 2. The number of hydrogen-bond donors (Lipinski definition) is 0. The van der Waals surface area contributed by atoms with Gasteiger partial charge in [-0.3, -0.25) is 13.9 Å². The third-order valence-electron chi connectivity index (χ3n) is 6.26. The Hall–Kier alpha value is -3.58. The van der Waals surface area contributed by atoms with Crippen molar-refractivity contribution in [2.75, 3.05) is 6.61 Å². The molecule has 32 heavy (non-hydrogen) atoms. The van der Waals surface area contributed by atoms with E-state index in [-0.39, 0.29) is 11.7 Å². The summed E-state index contributed by atoms with van der Waals surface area (Å²) in [5.74, 6) is 0.665. The second-order valence-electron chi connectivity index (χ2n) is 8.46. The molecule has 0 spiro atoms. The molecule has 1 aliphatic heterocycles. The van der Waals surface area contributed by atoms with Crippen LogP contribution in [0.25, 0.3) is 38.9 Å². The number of rotatable bonds is 3. The molecule has 4 heterocycles. The fraction of sp³-hybridized carbons (Fsp3) is 0.280. The zero-order chi connectivity index (χ0) is 21.8. The highest BCUT2D eigenvalue weighted by Gasteiger charge is 2.24. The van der Waals surface area contributed by atoms with E-state index in [1.54, 1.807) is 4.57 Å². The van der Waals surface area contributed by atoms with Crippen LogP contribution in [0.1, 0.15) is 24.2 Å². The van der Waals surface area contributed by atoms with E-state index >= 15 is 0 Å². The van der Waals surface area contributed by atoms with Gasteiger partial charge in [-0.25, -0.2) is 15.0 Å². The first kappa shape index (κ1) is 19.1. The van der Waals surface area contributed by atoms with E-state index in [1.165, 1.54) is 0 Å². The summed E-state index contributed by atoms with van der Waals surface area (Å²) in [5, 5.41) is 0.502. The molecule has 0 N–H and O–H groups in total. The molecule has 1 saturated heterocycles. The van der Waals surface area contributed by atoms with E-state index in [2.05, 4.69) is 6.92 Å². The van der Waals surface area contributed by atoms with Gasteiger partial charge in [0.1, 0.15) is 16.7 Å². The van der Waals surface area contributed by atoms with Gasteiger partial charge in [-0.05, 0) is 51.0 Å². The van der Waals surface area contributed by atoms with Crippen molar-refractivity contribution < 1.29 is 4.74 Å². The Balaban J connectivity index is 1.71. The molecule has 2 aromatic carbocycles. The molecule has 7 nitrogen and oxygen atoms in total. The van der Waals surface area contributed by atoms with Crippen LogP contribution >= 0.6 is 0 Å². The number of hydrogen-bond acceptors (Lipinski definition) is 5. The fourth-order valence-corrected chi connectivity index (χ4v) is 4.58. The van der Waals surface area contributed by atoms with Gasteiger partial charge >= 0.3 is 0 Å². The molecule has 0 bridgehead atoms. The van der Waals surface area contributed by atoms with Gasteiger partial charge in [0.15, 0.2) is 11.3 Å². The van der Waals surface area contributed by atoms with Crippen LogP contribution in [0.3, 0.4) is 0 Å². The van der Waals surface area contributed by atoms with Crippen LogP contribution in [0.5, 0.6) is 0 Å². The summed E-state index contributed by atoms with van der Waals surface area (Å²) in [4.78, 5) is 28.4. The van der Waals surface area contributed by atoms with Gasteiger partial charge in [-0.2, -0.15) is 0 Å². The van der Waals surface area contributed by atoms with Gasteiger partial charge in [0.2, 0.25) is 0 Å². The Kier molecular flexibility index (Phi) is 4.33. The first-order valence-electron chi connectivity index (χ1n) is 11.0. The number of ether oxygens (including phenoxy) is 1. The Labute approximate surface area is 184 Å². The van der Waals surface area contributed by atoms with Crippen molar-refractivity contribution in [3.63, 3.8) is 0 Å². The summed E-state index contributed by atoms with van der Waals surface area (Å²) in [6, 6.07) is 15.9. The van der Waals surface area contributed by atoms with Gasteiger partial charge in [0, 0.05) is 12.3 Å². The van der Waals surface area contributed by atoms with E-state index < -0.39 is 0 Å². The lowest BCUT2D eigenvalue weighted by atomic mass is 10.2. The quantitative estimate of drug-likeness (QED) is 0.435. The SMILES string of the molecule is Cc1ccc(-n2c3nc4ccccc4nc3c3c(=O)n(C[C@H]4CCCO4)c(C)nc32)cc1. The highest BCUT2D eigenvalue weighted by atomic mass is 16.5. The highest BCUT2D eigenvalue weighted by Crippen LogP contribution is 2.29. The molecule has 0 unspecified atom stereocenters. The van der Waals surface area contributed by atoms with Gasteiger partial charge in [-0.1, -0.05) is 29.8 Å². The van der Waals surface area contributed by atoms with Crippen molar-refractivity contribution in [1.29, 1.82) is 0 Å². The highest BCUT2D eigenvalue weighted by molar-refractivity contribution is 6.05. The monoisotopic (exact) mass is 425 g/mol. The average molecular weight is 425 g/mol. The molecule has 7 heteroatoms. The van der Waals surface area contributed by atoms with Gasteiger partial charge < -0.3 is 4.74 Å². The molecule has 3 aromatic heterocycles. The maximum atomic E-state index is 13.8. The molecule has 160 valence electrons. The molecule has 0 aliphatic carbocycles. The molecule has 1 fully saturated rings. The standard InChI is InChI=1S/C25H23N5O2/c1-15-9-11-17(12-10-15)30-23-21(22-24(30)28-20-8-4-3-7-19(20)27-22)25(31)29(16(2)26-23)14-18-6-5-13-32-18/h3-4,7-12,18H,5-6,13-14H2,1-2H3/t18-/m1/s1. The van der Waals surface area contributed by atoms with E-state index in [4.69, 9.17) is 19.7 Å². The van der Waals surface area contributed by atoms with Crippen LogP contribution in [0.15, 0.2) is 53.3 Å². The summed E-state index contributed by atoms with van der Waals surface area (Å²) in [5.41, 5.74) is 5.33. The lowest BCUT2D eigenvalue weighted by Crippen LogP contribution is -2.29. The van der Waals surface area contributed by atoms with Crippen LogP contribution in [0, 0.1) is 13.8 Å². The summed E-state index contributed by atoms with van der Waals surface area (Å²) >= 11 is 0. The zero-order valence-corrected chi connectivity index (χ0v) is 18.1. The van der Waals surface area contributed by atoms with Gasteiger partial charge in [-0.15, -0.1) is 0 Å². The number of aryl methyl sites for hydroxylation is 2. The van der Waals surface area contributed by atoms with E-state index in [0.29, 0.717) is 34.6 Å². The van der Waals surface area contributed by atoms with E-state index in [1.807, 2.05) is 60.0 Å². The summed E-state index contributed by atoms with van der Waals surface area (Å²) in [7, 11) is 0. The predicted octanol–water partition coefficient (Wildman–Crippen LogP) is 4.08. The summed E-state index contributed by atoms with van der Waals surface area (Å²) < 4.78 is 9.47. The van der Waals surface area contributed by atoms with Gasteiger partial charge in [0.25, 0.3) is 5.56 Å². The Morgan fingerprint density at radius 1 is 0.969 bits per heavy atom. The van der Waals surface area contributed by atoms with Crippen molar-refractivity contribution in [2.45, 2.75) is 39.3 Å². The van der Waals surface area contributed by atoms with Crippen LogP contribution < -0.4 is 5.56 Å². The first-order valence-corrected chi connectivity index (χ1v) is 11.0. The molecular weight excluding hydrogens is 402 g/mol. The second kappa shape index (κ2) is 7.24. The Morgan fingerprint density at radius 2 is 1.72 bits per heavy atom. The van der Waals surface area contributed by atoms with Crippen molar-refractivity contribution in [1.82, 2.24) is 24.1 Å². The lowest BCUT2D eigenvalue weighted by molar-refractivity contribution is 0.0955. The van der Waals surface area contributed by atoms with Crippen LogP contribution in [0.4, 0.5) is 0 Å². The summed E-state index contributed by atoms with van der Waals surface area (Å²) in [6.45, 7) is 5.18. The molecule has 1 atom stereocenters. The molecule has 0 saturated carbocycles. The first-order chi connectivity index (χ1) is 15.6. The number of benzene rings is 2. The van der Waals surface area contributed by atoms with Crippen molar-refractivity contribution >= 4 is 33.2 Å². The van der Waals surface area contributed by atoms with Crippen LogP contribution in [0.2, 0.25) is 0 Å². The maximum Gasteiger partial charge on any atom is 0.265 e. The van der Waals surface area contributed by atoms with Crippen molar-refractivity contribution in [3.05, 3.63) is 70.3 Å². The molecular formula is C25H23N5O2. The minimum atomic E-state index is -0.0940. The average Bonchev–Trinajstić information content (AvgIpc) is 3.41. The lowest BCUT2D eigenvalue weighted by Gasteiger charge is -2.14. The Morgan fingerprint density at radius 3 is 2.44 bits per heavy atom. The number of nitrogens with zero attached hydrogens (tertiary/aromatic N) is 5. The molecule has 6 rings (SSSR count). The third-order valence-corrected chi connectivity index (χ3v) is 6.26. The molecule has 5 aromatic rings. The largest absolute Gasteiger partial charge is 0.376 e. The van der Waals surface area contributed by atoms with Crippen molar-refractivity contribution in [2.24, 2.45) is 0 Å². The van der Waals surface area contributed by atoms with Crippen LogP contribution in [-0.4, -0.2) is 36.8 Å². The second-order valence-corrected chi connectivity index (χ2v) is 8.46. The predicted molar refractivity (Wildman–Crippen MR) is 124 cm³/mol. The summed E-state index contributed by atoms with van der Waals surface area (Å²) in [6.07, 6.45) is 2.03. The van der Waals surface area contributed by atoms with Gasteiger partial charge in [0.05, 0.1) is 23.7 Å². The normalized spacial score (nSPS) is 16.5. The number of fused-ring (bicyclic) bond motifs is 4.